The lowest BCUT2D eigenvalue weighted by atomic mass is 9.97. The van der Waals surface area contributed by atoms with Crippen LogP contribution in [0.4, 0.5) is 0 Å². The van der Waals surface area contributed by atoms with Crippen molar-refractivity contribution in [1.29, 1.82) is 0 Å². The smallest absolute Gasteiger partial charge is 0.114 e. The maximum absolute atomic E-state index is 6.05. The van der Waals surface area contributed by atoms with Gasteiger partial charge in [-0.05, 0) is 24.8 Å². The molecule has 1 aromatic carbocycles. The van der Waals surface area contributed by atoms with Crippen molar-refractivity contribution in [3.63, 3.8) is 0 Å². The van der Waals surface area contributed by atoms with Crippen molar-refractivity contribution in [2.45, 2.75) is 44.3 Å². The van der Waals surface area contributed by atoms with Gasteiger partial charge < -0.3 is 4.74 Å². The molecule has 2 rings (SSSR count). The van der Waals surface area contributed by atoms with Gasteiger partial charge in [0.15, 0.2) is 0 Å². The minimum atomic E-state index is 0.363. The molecule has 0 saturated carbocycles. The van der Waals surface area contributed by atoms with Crippen LogP contribution in [0.3, 0.4) is 0 Å². The third-order valence-electron chi connectivity index (χ3n) is 3.27. The molecule has 0 radical (unpaired) electrons. The SMILES string of the molecule is C=CC[C@@H]1C[CH+]C[C@H](CCc2ccccc2)O1. The van der Waals surface area contributed by atoms with Crippen LogP contribution in [0, 0.1) is 6.42 Å². The lowest BCUT2D eigenvalue weighted by Crippen LogP contribution is -2.27. The van der Waals surface area contributed by atoms with E-state index in [1.165, 1.54) is 5.56 Å². The molecule has 2 atom stereocenters. The van der Waals surface area contributed by atoms with Gasteiger partial charge >= 0.3 is 0 Å². The van der Waals surface area contributed by atoms with Gasteiger partial charge in [0.2, 0.25) is 0 Å². The number of aryl methyl sites for hydroxylation is 1. The van der Waals surface area contributed by atoms with Gasteiger partial charge in [-0.1, -0.05) is 36.4 Å². The van der Waals surface area contributed by atoms with Crippen LogP contribution in [0.2, 0.25) is 0 Å². The summed E-state index contributed by atoms with van der Waals surface area (Å²) in [6.07, 6.45) is 10.5. The van der Waals surface area contributed by atoms with Gasteiger partial charge in [-0.2, -0.15) is 0 Å². The molecule has 1 heteroatoms. The van der Waals surface area contributed by atoms with Crippen molar-refractivity contribution in [2.75, 3.05) is 0 Å². The van der Waals surface area contributed by atoms with Crippen LogP contribution in [-0.4, -0.2) is 12.2 Å². The molecule has 1 saturated heterocycles. The first-order chi connectivity index (χ1) is 8.38. The van der Waals surface area contributed by atoms with Gasteiger partial charge in [-0.15, -0.1) is 6.58 Å². The minimum Gasteiger partial charge on any atom is -0.366 e. The van der Waals surface area contributed by atoms with Crippen molar-refractivity contribution in [3.05, 3.63) is 55.0 Å². The van der Waals surface area contributed by atoms with E-state index >= 15 is 0 Å². The Labute approximate surface area is 104 Å². The topological polar surface area (TPSA) is 9.23 Å². The highest BCUT2D eigenvalue weighted by Crippen LogP contribution is 2.23. The van der Waals surface area contributed by atoms with Gasteiger partial charge in [0, 0.05) is 0 Å². The summed E-state index contributed by atoms with van der Waals surface area (Å²) in [6, 6.07) is 10.6. The van der Waals surface area contributed by atoms with E-state index in [1.54, 1.807) is 0 Å². The van der Waals surface area contributed by atoms with Crippen LogP contribution in [-0.2, 0) is 11.2 Å². The molecule has 1 aliphatic heterocycles. The second-order valence-corrected chi connectivity index (χ2v) is 4.69. The molecule has 0 bridgehead atoms. The quantitative estimate of drug-likeness (QED) is 0.549. The first-order valence-corrected chi connectivity index (χ1v) is 6.50. The average molecular weight is 229 g/mol. The second kappa shape index (κ2) is 6.51. The fourth-order valence-electron chi connectivity index (χ4n) is 2.35. The second-order valence-electron chi connectivity index (χ2n) is 4.69. The van der Waals surface area contributed by atoms with Gasteiger partial charge in [-0.3, -0.25) is 0 Å². The number of rotatable bonds is 5. The Bertz CT molecular complexity index is 331. The zero-order valence-corrected chi connectivity index (χ0v) is 10.3. The third-order valence-corrected chi connectivity index (χ3v) is 3.27. The Hall–Kier alpha value is -1.21. The third kappa shape index (κ3) is 3.94. The summed E-state index contributed by atoms with van der Waals surface area (Å²) >= 11 is 0. The molecule has 1 nitrogen and oxygen atoms in total. The highest BCUT2D eigenvalue weighted by Gasteiger charge is 2.26. The summed E-state index contributed by atoms with van der Waals surface area (Å²) in [6.45, 7) is 3.78. The molecule has 17 heavy (non-hydrogen) atoms. The van der Waals surface area contributed by atoms with Gasteiger partial charge in [0.1, 0.15) is 18.9 Å². The van der Waals surface area contributed by atoms with Gasteiger partial charge in [-0.25, -0.2) is 0 Å². The predicted octanol–water partition coefficient (Wildman–Crippen LogP) is 3.95. The maximum atomic E-state index is 6.05. The number of hydrogen-bond acceptors (Lipinski definition) is 1. The largest absolute Gasteiger partial charge is 0.366 e. The van der Waals surface area contributed by atoms with Crippen LogP contribution < -0.4 is 0 Å². The summed E-state index contributed by atoms with van der Waals surface area (Å²) in [5.74, 6) is 0. The molecule has 1 aromatic rings. The maximum Gasteiger partial charge on any atom is 0.114 e. The van der Waals surface area contributed by atoms with E-state index in [0.717, 1.165) is 32.1 Å². The highest BCUT2D eigenvalue weighted by atomic mass is 16.5. The molecule has 90 valence electrons. The summed E-state index contributed by atoms with van der Waals surface area (Å²) in [4.78, 5) is 0. The summed E-state index contributed by atoms with van der Waals surface area (Å²) in [7, 11) is 0. The monoisotopic (exact) mass is 229 g/mol. The summed E-state index contributed by atoms with van der Waals surface area (Å²) < 4.78 is 6.05. The fraction of sp³-hybridized carbons (Fsp3) is 0.438. The molecule has 1 aliphatic rings. The van der Waals surface area contributed by atoms with Gasteiger partial charge in [0.25, 0.3) is 0 Å². The van der Waals surface area contributed by atoms with E-state index in [0.29, 0.717) is 12.2 Å². The molecule has 0 spiro atoms. The predicted molar refractivity (Wildman–Crippen MR) is 71.8 cm³/mol. The molecule has 0 unspecified atom stereocenters. The Kier molecular flexibility index (Phi) is 4.69. The van der Waals surface area contributed by atoms with E-state index < -0.39 is 0 Å². The Morgan fingerprint density at radius 2 is 2.00 bits per heavy atom. The molecular weight excluding hydrogens is 208 g/mol. The lowest BCUT2D eigenvalue weighted by Gasteiger charge is -2.24. The van der Waals surface area contributed by atoms with E-state index in [2.05, 4.69) is 43.3 Å². The average Bonchev–Trinajstić information content (AvgIpc) is 2.39. The first-order valence-electron chi connectivity index (χ1n) is 6.50. The summed E-state index contributed by atoms with van der Waals surface area (Å²) in [5.41, 5.74) is 1.40. The van der Waals surface area contributed by atoms with Crippen LogP contribution in [0.25, 0.3) is 0 Å². The first kappa shape index (κ1) is 12.3. The van der Waals surface area contributed by atoms with Gasteiger partial charge in [0.05, 0.1) is 12.5 Å². The van der Waals surface area contributed by atoms with Crippen LogP contribution in [0.1, 0.15) is 31.2 Å². The standard InChI is InChI=1S/C16H21O/c1-2-7-15-10-6-11-16(17-15)13-12-14-8-4-3-5-9-14/h2-6,8-9,15-16H,1,7,10-13H2/q+1/t15-,16-/m1/s1. The van der Waals surface area contributed by atoms with Crippen molar-refractivity contribution in [1.82, 2.24) is 0 Å². The van der Waals surface area contributed by atoms with Crippen molar-refractivity contribution < 1.29 is 4.74 Å². The Balaban J connectivity index is 1.77. The van der Waals surface area contributed by atoms with E-state index in [-0.39, 0.29) is 0 Å². The molecule has 0 aliphatic carbocycles. The van der Waals surface area contributed by atoms with Crippen molar-refractivity contribution in [3.8, 4) is 0 Å². The Morgan fingerprint density at radius 1 is 1.24 bits per heavy atom. The molecule has 0 aromatic heterocycles. The fourth-order valence-corrected chi connectivity index (χ4v) is 2.35. The number of benzene rings is 1. The van der Waals surface area contributed by atoms with E-state index in [1.807, 2.05) is 6.08 Å². The van der Waals surface area contributed by atoms with E-state index in [9.17, 15) is 0 Å². The normalized spacial score (nSPS) is 24.0. The number of ether oxygens (including phenoxy) is 1. The van der Waals surface area contributed by atoms with Crippen molar-refractivity contribution in [2.24, 2.45) is 0 Å². The molecule has 0 amide bonds. The Morgan fingerprint density at radius 3 is 2.76 bits per heavy atom. The summed E-state index contributed by atoms with van der Waals surface area (Å²) in [5, 5.41) is 0. The van der Waals surface area contributed by atoms with Crippen LogP contribution in [0.5, 0.6) is 0 Å². The molecule has 1 heterocycles. The zero-order chi connectivity index (χ0) is 11.9. The van der Waals surface area contributed by atoms with E-state index in [4.69, 9.17) is 4.74 Å². The van der Waals surface area contributed by atoms with Crippen molar-refractivity contribution >= 4 is 0 Å². The lowest BCUT2D eigenvalue weighted by molar-refractivity contribution is -0.0343. The van der Waals surface area contributed by atoms with Crippen LogP contribution >= 0.6 is 0 Å². The molecular formula is C16H21O+. The highest BCUT2D eigenvalue weighted by molar-refractivity contribution is 5.14. The van der Waals surface area contributed by atoms with Crippen LogP contribution in [0.15, 0.2) is 43.0 Å². The zero-order valence-electron chi connectivity index (χ0n) is 10.3. The number of hydrogen-bond donors (Lipinski definition) is 0. The minimum absolute atomic E-state index is 0.363. The molecule has 0 N–H and O–H groups in total. The molecule has 1 fully saturated rings.